The third-order valence-corrected chi connectivity index (χ3v) is 2.70. The van der Waals surface area contributed by atoms with Crippen LogP contribution in [0, 0.1) is 0 Å². The minimum atomic E-state index is -0.147. The van der Waals surface area contributed by atoms with E-state index >= 15 is 0 Å². The maximum atomic E-state index is 11.6. The van der Waals surface area contributed by atoms with E-state index in [4.69, 9.17) is 0 Å². The predicted octanol–water partition coefficient (Wildman–Crippen LogP) is 1.12. The van der Waals surface area contributed by atoms with E-state index in [1.54, 1.807) is 50.7 Å². The molecule has 2 radical (unpaired) electrons. The van der Waals surface area contributed by atoms with Crippen LogP contribution in [0.2, 0.25) is 0 Å². The van der Waals surface area contributed by atoms with Gasteiger partial charge in [-0.25, -0.2) is 0 Å². The number of fused-ring (bicyclic) bond motifs is 1. The number of carbonyl (C=O) groups excluding carboxylic acids is 2. The average Bonchev–Trinajstić information content (AvgIpc) is 2.41. The number of hydrogen-bond donors (Lipinski definition) is 0. The van der Waals surface area contributed by atoms with Gasteiger partial charge >= 0.3 is 88.5 Å². The Hall–Kier alpha value is -0.170. The molecule has 74 valence electrons. The SMILES string of the molecule is O=C1C(=C[Te])C(=O)c2ccccc21.[Au]. The second-order valence-corrected chi connectivity index (χ2v) is 3.41. The Balaban J connectivity index is 0.000000980. The summed E-state index contributed by atoms with van der Waals surface area (Å²) in [5.41, 5.74) is 1.36. The van der Waals surface area contributed by atoms with Gasteiger partial charge in [-0.2, -0.15) is 0 Å². The molecule has 2 rings (SSSR count). The number of benzene rings is 1. The van der Waals surface area contributed by atoms with Crippen LogP contribution in [0.1, 0.15) is 20.7 Å². The minimum Gasteiger partial charge on any atom is 0 e. The third-order valence-electron chi connectivity index (χ3n) is 2.02. The Morgan fingerprint density at radius 1 is 1.00 bits per heavy atom. The molecule has 0 heterocycles. The van der Waals surface area contributed by atoms with Crippen LogP contribution in [0.25, 0.3) is 0 Å². The summed E-state index contributed by atoms with van der Waals surface area (Å²) in [5.74, 6) is -0.295. The van der Waals surface area contributed by atoms with E-state index in [0.29, 0.717) is 16.7 Å². The van der Waals surface area contributed by atoms with Gasteiger partial charge in [-0.3, -0.25) is 0 Å². The van der Waals surface area contributed by atoms with Gasteiger partial charge in [0, 0.05) is 22.4 Å². The van der Waals surface area contributed by atoms with Crippen molar-refractivity contribution < 1.29 is 32.0 Å². The van der Waals surface area contributed by atoms with Gasteiger partial charge in [0.25, 0.3) is 0 Å². The molecule has 0 bridgehead atoms. The van der Waals surface area contributed by atoms with Crippen LogP contribution in [0.3, 0.4) is 0 Å². The number of ketones is 2. The summed E-state index contributed by atoms with van der Waals surface area (Å²) < 4.78 is 1.58. The van der Waals surface area contributed by atoms with Crippen LogP contribution in [0.5, 0.6) is 0 Å². The normalized spacial score (nSPS) is 13.6. The van der Waals surface area contributed by atoms with E-state index in [1.165, 1.54) is 0 Å². The van der Waals surface area contributed by atoms with Crippen molar-refractivity contribution in [2.45, 2.75) is 0 Å². The quantitative estimate of drug-likeness (QED) is 0.316. The molecule has 0 N–H and O–H groups in total. The van der Waals surface area contributed by atoms with E-state index in [0.717, 1.165) is 0 Å². The zero-order valence-corrected chi connectivity index (χ0v) is 11.4. The first-order valence-corrected chi connectivity index (χ1v) is 5.11. The number of carbonyl (C=O) groups is 2. The van der Waals surface area contributed by atoms with Gasteiger partial charge in [0.1, 0.15) is 0 Å². The predicted molar refractivity (Wildman–Crippen MR) is 48.9 cm³/mol. The molecule has 0 spiro atoms. The molecule has 0 fully saturated rings. The average molecular weight is 482 g/mol. The Morgan fingerprint density at radius 3 is 1.79 bits per heavy atom. The Kier molecular flexibility index (Phi) is 3.88. The van der Waals surface area contributed by atoms with E-state index in [9.17, 15) is 9.59 Å². The first kappa shape index (κ1) is 11.9. The fourth-order valence-corrected chi connectivity index (χ4v) is 1.99. The van der Waals surface area contributed by atoms with E-state index in [1.807, 2.05) is 0 Å². The molecule has 4 heteroatoms. The molecule has 0 atom stereocenters. The first-order valence-electron chi connectivity index (χ1n) is 3.76. The summed E-state index contributed by atoms with van der Waals surface area (Å²) in [4.78, 5) is 23.1. The fraction of sp³-hybridized carbons (Fsp3) is 0. The second kappa shape index (κ2) is 4.57. The maximum Gasteiger partial charge on any atom is 0 e. The van der Waals surface area contributed by atoms with Crippen molar-refractivity contribution in [1.29, 1.82) is 0 Å². The van der Waals surface area contributed by atoms with Gasteiger partial charge in [-0.1, -0.05) is 0 Å². The molecule has 1 aliphatic carbocycles. The van der Waals surface area contributed by atoms with E-state index in [2.05, 4.69) is 0 Å². The molecular weight excluding hydrogens is 477 g/mol. The fourth-order valence-electron chi connectivity index (χ4n) is 1.38. The van der Waals surface area contributed by atoms with Gasteiger partial charge in [-0.15, -0.1) is 0 Å². The van der Waals surface area contributed by atoms with Crippen molar-refractivity contribution >= 4 is 33.9 Å². The van der Waals surface area contributed by atoms with Crippen LogP contribution in [0.15, 0.2) is 34.0 Å². The van der Waals surface area contributed by atoms with Crippen LogP contribution in [-0.2, 0) is 22.4 Å². The summed E-state index contributed by atoms with van der Waals surface area (Å²) in [6.07, 6.45) is 0. The van der Waals surface area contributed by atoms with Crippen molar-refractivity contribution in [2.75, 3.05) is 0 Å². The van der Waals surface area contributed by atoms with E-state index in [-0.39, 0.29) is 33.9 Å². The van der Waals surface area contributed by atoms with Crippen molar-refractivity contribution in [3.05, 3.63) is 45.1 Å². The van der Waals surface area contributed by atoms with Crippen molar-refractivity contribution in [3.8, 4) is 0 Å². The van der Waals surface area contributed by atoms with Gasteiger partial charge in [0.2, 0.25) is 0 Å². The number of Topliss-reactive ketones (excluding diaryl/α,β-unsaturated/α-hetero) is 2. The molecule has 2 nitrogen and oxygen atoms in total. The van der Waals surface area contributed by atoms with Gasteiger partial charge in [0.15, 0.2) is 0 Å². The number of rotatable bonds is 0. The first-order chi connectivity index (χ1) is 6.25. The molecule has 0 amide bonds. The number of hydrogen-bond acceptors (Lipinski definition) is 2. The molecule has 0 saturated heterocycles. The maximum absolute atomic E-state index is 11.6. The molecular formula is C10H5AuO2Te. The summed E-state index contributed by atoms with van der Waals surface area (Å²) in [6.45, 7) is 0. The molecule has 0 unspecified atom stereocenters. The Labute approximate surface area is 110 Å². The summed E-state index contributed by atoms with van der Waals surface area (Å²) >= 11 is 1.64. The van der Waals surface area contributed by atoms with Gasteiger partial charge in [-0.05, 0) is 0 Å². The van der Waals surface area contributed by atoms with Crippen molar-refractivity contribution in [1.82, 2.24) is 0 Å². The van der Waals surface area contributed by atoms with Crippen LogP contribution >= 0.6 is 0 Å². The standard InChI is InChI=1S/C10H5O2Te.Au/c11-9-6-3-1-2-4-7(6)10(12)8(9)5-13;/h1-5H;. The molecule has 0 saturated carbocycles. The van der Waals surface area contributed by atoms with Crippen LogP contribution in [0.4, 0.5) is 0 Å². The summed E-state index contributed by atoms with van der Waals surface area (Å²) in [7, 11) is 0. The van der Waals surface area contributed by atoms with Gasteiger partial charge in [0.05, 0.1) is 0 Å². The zero-order valence-electron chi connectivity index (χ0n) is 6.91. The summed E-state index contributed by atoms with van der Waals surface area (Å²) in [5, 5.41) is 0. The van der Waals surface area contributed by atoms with Crippen LogP contribution < -0.4 is 0 Å². The molecule has 1 aromatic rings. The molecule has 0 aliphatic heterocycles. The monoisotopic (exact) mass is 484 g/mol. The molecule has 1 aromatic carbocycles. The van der Waals surface area contributed by atoms with E-state index < -0.39 is 0 Å². The van der Waals surface area contributed by atoms with Crippen molar-refractivity contribution in [3.63, 3.8) is 0 Å². The largest absolute Gasteiger partial charge is 0 e. The number of allylic oxidation sites excluding steroid dienone is 1. The minimum absolute atomic E-state index is 0. The third kappa shape index (κ3) is 1.67. The van der Waals surface area contributed by atoms with Gasteiger partial charge < -0.3 is 0 Å². The van der Waals surface area contributed by atoms with Crippen LogP contribution in [-0.4, -0.2) is 33.9 Å². The second-order valence-electron chi connectivity index (χ2n) is 2.74. The Bertz CT molecular complexity index is 401. The molecule has 1 aliphatic rings. The summed E-state index contributed by atoms with van der Waals surface area (Å²) in [6, 6.07) is 6.91. The molecule has 0 aromatic heterocycles. The Morgan fingerprint density at radius 2 is 1.43 bits per heavy atom. The van der Waals surface area contributed by atoms with Crippen molar-refractivity contribution in [2.24, 2.45) is 0 Å². The molecule has 14 heavy (non-hydrogen) atoms. The smallest absolute Gasteiger partial charge is 0 e. The zero-order chi connectivity index (χ0) is 9.42. The topological polar surface area (TPSA) is 34.1 Å².